The van der Waals surface area contributed by atoms with E-state index in [9.17, 15) is 14.9 Å². The number of aromatic nitrogens is 1. The first kappa shape index (κ1) is 14.3. The molecule has 8 heteroatoms. The minimum Gasteiger partial charge on any atom is -0.394 e. The average Bonchev–Trinajstić information content (AvgIpc) is 2.34. The van der Waals surface area contributed by atoms with Crippen molar-refractivity contribution in [3.8, 4) is 0 Å². The zero-order valence-electron chi connectivity index (χ0n) is 9.59. The fourth-order valence-corrected chi connectivity index (χ4v) is 1.55. The number of carbonyl (C=O) groups excluding carboxylic acids is 1. The Kier molecular flexibility index (Phi) is 4.99. The van der Waals surface area contributed by atoms with E-state index in [1.165, 1.54) is 12.3 Å². The predicted octanol–water partition coefficient (Wildman–Crippen LogP) is 1.14. The van der Waals surface area contributed by atoms with Crippen LogP contribution < -0.4 is 5.32 Å². The molecular formula is C10H12ClN3O4. The van der Waals surface area contributed by atoms with E-state index >= 15 is 0 Å². The van der Waals surface area contributed by atoms with Gasteiger partial charge in [0, 0.05) is 6.20 Å². The van der Waals surface area contributed by atoms with Crippen LogP contribution in [0.3, 0.4) is 0 Å². The highest BCUT2D eigenvalue weighted by atomic mass is 35.5. The molecule has 1 amide bonds. The summed E-state index contributed by atoms with van der Waals surface area (Å²) >= 11 is 5.59. The van der Waals surface area contributed by atoms with Gasteiger partial charge in [0.2, 0.25) is 5.15 Å². The molecule has 0 spiro atoms. The molecule has 2 N–H and O–H groups in total. The molecule has 0 radical (unpaired) electrons. The van der Waals surface area contributed by atoms with Crippen molar-refractivity contribution in [1.29, 1.82) is 0 Å². The number of nitro groups is 1. The van der Waals surface area contributed by atoms with Gasteiger partial charge in [0.25, 0.3) is 5.91 Å². The number of hydrogen-bond donors (Lipinski definition) is 2. The minimum atomic E-state index is -0.760. The number of pyridine rings is 1. The molecule has 1 rings (SSSR count). The molecule has 0 bridgehead atoms. The van der Waals surface area contributed by atoms with E-state index in [-0.39, 0.29) is 17.3 Å². The molecule has 0 fully saturated rings. The molecular weight excluding hydrogens is 262 g/mol. The highest BCUT2D eigenvalue weighted by Crippen LogP contribution is 2.25. The van der Waals surface area contributed by atoms with Gasteiger partial charge in [-0.05, 0) is 12.5 Å². The Hall–Kier alpha value is -1.73. The number of halogens is 1. The zero-order valence-corrected chi connectivity index (χ0v) is 10.3. The third-order valence-electron chi connectivity index (χ3n) is 2.36. The maximum absolute atomic E-state index is 11.8. The van der Waals surface area contributed by atoms with E-state index in [0.29, 0.717) is 6.42 Å². The number of nitrogens with one attached hydrogen (secondary N) is 1. The quantitative estimate of drug-likeness (QED) is 0.475. The van der Waals surface area contributed by atoms with Gasteiger partial charge in [-0.15, -0.1) is 0 Å². The summed E-state index contributed by atoms with van der Waals surface area (Å²) < 4.78 is 0. The number of hydrogen-bond acceptors (Lipinski definition) is 5. The van der Waals surface area contributed by atoms with Gasteiger partial charge < -0.3 is 10.4 Å². The van der Waals surface area contributed by atoms with E-state index in [4.69, 9.17) is 16.7 Å². The summed E-state index contributed by atoms with van der Waals surface area (Å²) in [7, 11) is 0. The van der Waals surface area contributed by atoms with Gasteiger partial charge in [0.05, 0.1) is 17.6 Å². The normalized spacial score (nSPS) is 11.9. The van der Waals surface area contributed by atoms with Crippen LogP contribution in [0, 0.1) is 10.1 Å². The van der Waals surface area contributed by atoms with E-state index in [1.807, 2.05) is 0 Å². The molecule has 0 saturated heterocycles. The lowest BCUT2D eigenvalue weighted by molar-refractivity contribution is -0.385. The fraction of sp³-hybridized carbons (Fsp3) is 0.400. The van der Waals surface area contributed by atoms with Crippen LogP contribution in [0.1, 0.15) is 23.7 Å². The topological polar surface area (TPSA) is 105 Å². The predicted molar refractivity (Wildman–Crippen MR) is 64.5 cm³/mol. The number of aliphatic hydroxyl groups excluding tert-OH is 1. The van der Waals surface area contributed by atoms with Gasteiger partial charge in [-0.3, -0.25) is 14.9 Å². The van der Waals surface area contributed by atoms with Crippen LogP contribution in [-0.2, 0) is 0 Å². The van der Waals surface area contributed by atoms with Crippen LogP contribution in [0.4, 0.5) is 5.69 Å². The van der Waals surface area contributed by atoms with Crippen molar-refractivity contribution < 1.29 is 14.8 Å². The molecule has 1 aromatic rings. The van der Waals surface area contributed by atoms with E-state index < -0.39 is 22.6 Å². The van der Waals surface area contributed by atoms with E-state index in [0.717, 1.165) is 0 Å². The monoisotopic (exact) mass is 273 g/mol. The third kappa shape index (κ3) is 3.14. The van der Waals surface area contributed by atoms with E-state index in [2.05, 4.69) is 10.3 Å². The van der Waals surface area contributed by atoms with Crippen LogP contribution >= 0.6 is 11.6 Å². The summed E-state index contributed by atoms with van der Waals surface area (Å²) in [6, 6.07) is 0.757. The Labute approximate surface area is 108 Å². The van der Waals surface area contributed by atoms with Crippen molar-refractivity contribution in [2.24, 2.45) is 0 Å². The maximum atomic E-state index is 11.8. The van der Waals surface area contributed by atoms with Crippen molar-refractivity contribution in [3.05, 3.63) is 33.1 Å². The van der Waals surface area contributed by atoms with Crippen LogP contribution in [0.5, 0.6) is 0 Å². The summed E-state index contributed by atoms with van der Waals surface area (Å²) in [6.07, 6.45) is 1.72. The summed E-state index contributed by atoms with van der Waals surface area (Å²) in [4.78, 5) is 25.5. The average molecular weight is 274 g/mol. The van der Waals surface area contributed by atoms with Gasteiger partial charge in [-0.1, -0.05) is 18.5 Å². The Morgan fingerprint density at radius 1 is 1.72 bits per heavy atom. The molecule has 0 saturated carbocycles. The van der Waals surface area contributed by atoms with Crippen LogP contribution in [-0.4, -0.2) is 33.6 Å². The van der Waals surface area contributed by atoms with E-state index in [1.54, 1.807) is 6.92 Å². The van der Waals surface area contributed by atoms with Crippen LogP contribution in [0.25, 0.3) is 0 Å². The van der Waals surface area contributed by atoms with Crippen molar-refractivity contribution in [2.45, 2.75) is 19.4 Å². The molecule has 0 aromatic carbocycles. The Balaban J connectivity index is 3.06. The molecule has 18 heavy (non-hydrogen) atoms. The first-order valence-electron chi connectivity index (χ1n) is 5.21. The second-order valence-corrected chi connectivity index (χ2v) is 3.87. The largest absolute Gasteiger partial charge is 0.394 e. The van der Waals surface area contributed by atoms with Crippen LogP contribution in [0.2, 0.25) is 5.15 Å². The fourth-order valence-electron chi connectivity index (χ4n) is 1.33. The van der Waals surface area contributed by atoms with Gasteiger partial charge in [-0.25, -0.2) is 4.98 Å². The second kappa shape index (κ2) is 6.27. The Morgan fingerprint density at radius 2 is 2.39 bits per heavy atom. The van der Waals surface area contributed by atoms with Crippen LogP contribution in [0.15, 0.2) is 12.3 Å². The number of carbonyl (C=O) groups is 1. The SMILES string of the molecule is CC[C@H](CO)NC(=O)c1ccnc(Cl)c1[N+](=O)[O-]. The molecule has 0 aliphatic heterocycles. The first-order chi connectivity index (χ1) is 8.51. The molecule has 98 valence electrons. The first-order valence-corrected chi connectivity index (χ1v) is 5.59. The Morgan fingerprint density at radius 3 is 2.89 bits per heavy atom. The van der Waals surface area contributed by atoms with Crippen molar-refractivity contribution in [1.82, 2.24) is 10.3 Å². The maximum Gasteiger partial charge on any atom is 0.319 e. The Bertz CT molecular complexity index is 462. The lowest BCUT2D eigenvalue weighted by atomic mass is 10.2. The summed E-state index contributed by atoms with van der Waals surface area (Å²) in [5.41, 5.74) is -0.712. The number of nitrogens with zero attached hydrogens (tertiary/aromatic N) is 2. The number of rotatable bonds is 5. The molecule has 1 atom stereocenters. The molecule has 1 aromatic heterocycles. The van der Waals surface area contributed by atoms with Crippen molar-refractivity contribution in [3.63, 3.8) is 0 Å². The zero-order chi connectivity index (χ0) is 13.7. The standard InChI is InChI=1S/C10H12ClN3O4/c1-2-6(5-15)13-10(16)7-3-4-12-9(11)8(7)14(17)18/h3-4,6,15H,2,5H2,1H3,(H,13,16)/t6-/m1/s1. The van der Waals surface area contributed by atoms with Crippen molar-refractivity contribution >= 4 is 23.2 Å². The second-order valence-electron chi connectivity index (χ2n) is 3.52. The molecule has 0 aliphatic rings. The highest BCUT2D eigenvalue weighted by Gasteiger charge is 2.25. The third-order valence-corrected chi connectivity index (χ3v) is 2.63. The van der Waals surface area contributed by atoms with Crippen molar-refractivity contribution in [2.75, 3.05) is 6.61 Å². The minimum absolute atomic E-state index is 0.174. The summed E-state index contributed by atoms with van der Waals surface area (Å²) in [5, 5.41) is 21.9. The molecule has 1 heterocycles. The number of amides is 1. The summed E-state index contributed by atoms with van der Waals surface area (Å²) in [5.74, 6) is -0.660. The smallest absolute Gasteiger partial charge is 0.319 e. The lowest BCUT2D eigenvalue weighted by Gasteiger charge is -2.13. The number of aliphatic hydroxyl groups is 1. The van der Waals surface area contributed by atoms with Gasteiger partial charge in [0.15, 0.2) is 0 Å². The lowest BCUT2D eigenvalue weighted by Crippen LogP contribution is -2.37. The van der Waals surface area contributed by atoms with Gasteiger partial charge >= 0.3 is 5.69 Å². The molecule has 0 aliphatic carbocycles. The highest BCUT2D eigenvalue weighted by molar-refractivity contribution is 6.32. The molecule has 0 unspecified atom stereocenters. The molecule has 7 nitrogen and oxygen atoms in total. The summed E-state index contributed by atoms with van der Waals surface area (Å²) in [6.45, 7) is 1.53. The van der Waals surface area contributed by atoms with Gasteiger partial charge in [-0.2, -0.15) is 0 Å². The van der Waals surface area contributed by atoms with Gasteiger partial charge in [0.1, 0.15) is 5.56 Å².